The first-order valence-electron chi connectivity index (χ1n) is 7.94. The molecule has 1 amide bonds. The van der Waals surface area contributed by atoms with E-state index in [-0.39, 0.29) is 19.1 Å². The lowest BCUT2D eigenvalue weighted by atomic mass is 9.90. The average Bonchev–Trinajstić information content (AvgIpc) is 2.65. The van der Waals surface area contributed by atoms with Crippen LogP contribution >= 0.6 is 0 Å². The molecule has 1 N–H and O–H groups in total. The molecule has 0 bridgehead atoms. The molecule has 0 fully saturated rings. The number of benzene rings is 2. The van der Waals surface area contributed by atoms with E-state index in [2.05, 4.69) is 0 Å². The maximum Gasteiger partial charge on any atom is 0.312 e. The summed E-state index contributed by atoms with van der Waals surface area (Å²) in [5.74, 6) is -0.893. The Morgan fingerprint density at radius 3 is 2.52 bits per heavy atom. The summed E-state index contributed by atoms with van der Waals surface area (Å²) in [5.41, 5.74) is 1.62. The van der Waals surface area contributed by atoms with Crippen LogP contribution < -0.4 is 9.47 Å². The van der Waals surface area contributed by atoms with Crippen LogP contribution in [0.25, 0.3) is 0 Å². The van der Waals surface area contributed by atoms with E-state index < -0.39 is 11.9 Å². The summed E-state index contributed by atoms with van der Waals surface area (Å²) >= 11 is 0. The van der Waals surface area contributed by atoms with E-state index in [1.54, 1.807) is 24.3 Å². The number of carbonyl (C=O) groups is 2. The van der Waals surface area contributed by atoms with Gasteiger partial charge in [-0.15, -0.1) is 0 Å². The van der Waals surface area contributed by atoms with Gasteiger partial charge < -0.3 is 19.5 Å². The van der Waals surface area contributed by atoms with Crippen molar-refractivity contribution in [3.05, 3.63) is 59.7 Å². The van der Waals surface area contributed by atoms with Crippen LogP contribution in [0.1, 0.15) is 17.0 Å². The van der Waals surface area contributed by atoms with E-state index in [1.165, 1.54) is 12.0 Å². The van der Waals surface area contributed by atoms with E-state index in [9.17, 15) is 14.7 Å². The van der Waals surface area contributed by atoms with Gasteiger partial charge in [0.25, 0.3) is 5.91 Å². The Kier molecular flexibility index (Phi) is 4.88. The Morgan fingerprint density at radius 2 is 1.80 bits per heavy atom. The predicted octanol–water partition coefficient (Wildman–Crippen LogP) is 2.28. The first kappa shape index (κ1) is 16.8. The van der Waals surface area contributed by atoms with E-state index in [4.69, 9.17) is 9.47 Å². The summed E-state index contributed by atoms with van der Waals surface area (Å²) in [6, 6.07) is 14.4. The highest BCUT2D eigenvalue weighted by atomic mass is 16.5. The summed E-state index contributed by atoms with van der Waals surface area (Å²) in [6.07, 6.45) is 0. The molecule has 0 aliphatic carbocycles. The van der Waals surface area contributed by atoms with Crippen molar-refractivity contribution in [2.24, 2.45) is 0 Å². The molecule has 0 spiro atoms. The largest absolute Gasteiger partial charge is 0.493 e. The van der Waals surface area contributed by atoms with E-state index >= 15 is 0 Å². The second-order valence-electron chi connectivity index (χ2n) is 5.80. The van der Waals surface area contributed by atoms with Gasteiger partial charge in [0.15, 0.2) is 18.1 Å². The van der Waals surface area contributed by atoms with E-state index in [0.29, 0.717) is 18.0 Å². The van der Waals surface area contributed by atoms with Gasteiger partial charge in [0, 0.05) is 13.1 Å². The van der Waals surface area contributed by atoms with Crippen LogP contribution in [0.4, 0.5) is 0 Å². The number of amides is 1. The fourth-order valence-electron chi connectivity index (χ4n) is 2.98. The van der Waals surface area contributed by atoms with Crippen molar-refractivity contribution in [1.82, 2.24) is 4.90 Å². The SMILES string of the molecule is COc1ccccc1OCC(=O)N1Cc2ccccc2C(C(=O)O)C1. The molecule has 1 atom stereocenters. The third kappa shape index (κ3) is 3.57. The number of carboxylic acid groups (broad SMARTS) is 1. The van der Waals surface area contributed by atoms with Gasteiger partial charge in [-0.2, -0.15) is 0 Å². The number of carbonyl (C=O) groups excluding carboxylic acids is 1. The molecule has 1 heterocycles. The van der Waals surface area contributed by atoms with Crippen molar-refractivity contribution >= 4 is 11.9 Å². The predicted molar refractivity (Wildman–Crippen MR) is 90.7 cm³/mol. The molecule has 6 nitrogen and oxygen atoms in total. The fraction of sp³-hybridized carbons (Fsp3) is 0.263. The normalized spacial score (nSPS) is 16.0. The van der Waals surface area contributed by atoms with Crippen LogP contribution in [0.3, 0.4) is 0 Å². The molecule has 2 aromatic rings. The van der Waals surface area contributed by atoms with Crippen LogP contribution in [0.5, 0.6) is 11.5 Å². The zero-order valence-electron chi connectivity index (χ0n) is 13.8. The van der Waals surface area contributed by atoms with Gasteiger partial charge in [0.2, 0.25) is 0 Å². The Labute approximate surface area is 145 Å². The number of nitrogens with zero attached hydrogens (tertiary/aromatic N) is 1. The second-order valence-corrected chi connectivity index (χ2v) is 5.80. The lowest BCUT2D eigenvalue weighted by molar-refractivity contribution is -0.142. The van der Waals surface area contributed by atoms with Crippen molar-refractivity contribution in [3.8, 4) is 11.5 Å². The molecule has 0 saturated heterocycles. The molecule has 1 aliphatic rings. The molecule has 25 heavy (non-hydrogen) atoms. The monoisotopic (exact) mass is 341 g/mol. The van der Waals surface area contributed by atoms with E-state index in [0.717, 1.165) is 11.1 Å². The third-order valence-electron chi connectivity index (χ3n) is 4.27. The maximum absolute atomic E-state index is 12.5. The quantitative estimate of drug-likeness (QED) is 0.903. The van der Waals surface area contributed by atoms with Gasteiger partial charge in [-0.25, -0.2) is 0 Å². The second kappa shape index (κ2) is 7.25. The summed E-state index contributed by atoms with van der Waals surface area (Å²) < 4.78 is 10.8. The fourth-order valence-corrected chi connectivity index (χ4v) is 2.98. The molecule has 0 radical (unpaired) electrons. The third-order valence-corrected chi connectivity index (χ3v) is 4.27. The van der Waals surface area contributed by atoms with Crippen LogP contribution in [-0.2, 0) is 16.1 Å². The van der Waals surface area contributed by atoms with Gasteiger partial charge >= 0.3 is 5.97 Å². The average molecular weight is 341 g/mol. The molecular formula is C19H19NO5. The maximum atomic E-state index is 12.5. The van der Waals surface area contributed by atoms with E-state index in [1.807, 2.05) is 24.3 Å². The van der Waals surface area contributed by atoms with Crippen molar-refractivity contribution < 1.29 is 24.2 Å². The Balaban J connectivity index is 1.72. The standard InChI is InChI=1S/C19H19NO5/c1-24-16-8-4-5-9-17(16)25-12-18(21)20-10-13-6-2-3-7-14(13)15(11-20)19(22)23/h2-9,15H,10-12H2,1H3,(H,22,23). The topological polar surface area (TPSA) is 76.1 Å². The minimum atomic E-state index is -0.935. The summed E-state index contributed by atoms with van der Waals surface area (Å²) in [7, 11) is 1.53. The first-order valence-corrected chi connectivity index (χ1v) is 7.94. The number of hydrogen-bond acceptors (Lipinski definition) is 4. The van der Waals surface area contributed by atoms with Gasteiger partial charge in [-0.3, -0.25) is 9.59 Å². The van der Waals surface area contributed by atoms with Gasteiger partial charge in [-0.05, 0) is 23.3 Å². The number of methoxy groups -OCH3 is 1. The Morgan fingerprint density at radius 1 is 1.12 bits per heavy atom. The minimum Gasteiger partial charge on any atom is -0.493 e. The summed E-state index contributed by atoms with van der Waals surface area (Å²) in [5, 5.41) is 9.48. The molecule has 130 valence electrons. The molecule has 1 aliphatic heterocycles. The number of ether oxygens (including phenoxy) is 2. The number of rotatable bonds is 5. The summed E-state index contributed by atoms with van der Waals surface area (Å²) in [4.78, 5) is 25.6. The lowest BCUT2D eigenvalue weighted by Crippen LogP contribution is -2.42. The van der Waals surface area contributed by atoms with Gasteiger partial charge in [0.05, 0.1) is 13.0 Å². The molecule has 1 unspecified atom stereocenters. The van der Waals surface area contributed by atoms with Crippen LogP contribution in [0.15, 0.2) is 48.5 Å². The Bertz CT molecular complexity index is 789. The number of aliphatic carboxylic acids is 1. The molecule has 6 heteroatoms. The molecule has 2 aromatic carbocycles. The molecular weight excluding hydrogens is 322 g/mol. The molecule has 0 aromatic heterocycles. The van der Waals surface area contributed by atoms with Crippen molar-refractivity contribution in [2.75, 3.05) is 20.3 Å². The highest BCUT2D eigenvalue weighted by Crippen LogP contribution is 2.29. The van der Waals surface area contributed by atoms with Gasteiger partial charge in [-0.1, -0.05) is 36.4 Å². The van der Waals surface area contributed by atoms with Gasteiger partial charge in [0.1, 0.15) is 0 Å². The highest BCUT2D eigenvalue weighted by molar-refractivity contribution is 5.82. The minimum absolute atomic E-state index is 0.139. The smallest absolute Gasteiger partial charge is 0.312 e. The van der Waals surface area contributed by atoms with Crippen molar-refractivity contribution in [2.45, 2.75) is 12.5 Å². The molecule has 0 saturated carbocycles. The van der Waals surface area contributed by atoms with Crippen LogP contribution in [0, 0.1) is 0 Å². The van der Waals surface area contributed by atoms with Crippen molar-refractivity contribution in [1.29, 1.82) is 0 Å². The molecule has 3 rings (SSSR count). The zero-order chi connectivity index (χ0) is 17.8. The Hall–Kier alpha value is -3.02. The highest BCUT2D eigenvalue weighted by Gasteiger charge is 2.32. The lowest BCUT2D eigenvalue weighted by Gasteiger charge is -2.32. The van der Waals surface area contributed by atoms with Crippen LogP contribution in [0.2, 0.25) is 0 Å². The number of carboxylic acids is 1. The zero-order valence-corrected chi connectivity index (χ0v) is 13.8. The first-order chi connectivity index (χ1) is 12.1. The summed E-state index contributed by atoms with van der Waals surface area (Å²) in [6.45, 7) is 0.351. The number of hydrogen-bond donors (Lipinski definition) is 1. The number of fused-ring (bicyclic) bond motifs is 1. The number of para-hydroxylation sites is 2. The van der Waals surface area contributed by atoms with Crippen molar-refractivity contribution in [3.63, 3.8) is 0 Å². The van der Waals surface area contributed by atoms with Crippen LogP contribution in [-0.4, -0.2) is 42.1 Å².